The molecule has 0 spiro atoms. The van der Waals surface area contributed by atoms with E-state index in [1.54, 1.807) is 22.8 Å². The molecule has 122 valence electrons. The number of carbonyl (C=O) groups excluding carboxylic acids is 1. The average molecular weight is 343 g/mol. The molecule has 0 saturated heterocycles. The number of nitrogens with one attached hydrogen (secondary N) is 1. The van der Waals surface area contributed by atoms with E-state index in [4.69, 9.17) is 0 Å². The van der Waals surface area contributed by atoms with Crippen LogP contribution in [0.5, 0.6) is 0 Å². The summed E-state index contributed by atoms with van der Waals surface area (Å²) in [5.41, 5.74) is 1.41. The predicted octanol–water partition coefficient (Wildman–Crippen LogP) is 3.24. The molecule has 0 radical (unpaired) electrons. The summed E-state index contributed by atoms with van der Waals surface area (Å²) in [6.45, 7) is 2.48. The maximum atomic E-state index is 12.3. The Morgan fingerprint density at radius 3 is 2.79 bits per heavy atom. The number of amides is 1. The van der Waals surface area contributed by atoms with Gasteiger partial charge in [-0.05, 0) is 31.2 Å². The molecule has 1 aromatic heterocycles. The minimum Gasteiger partial charge on any atom is -0.322 e. The van der Waals surface area contributed by atoms with Gasteiger partial charge in [-0.25, -0.2) is 0 Å². The smallest absolute Gasteiger partial charge is 0.308 e. The third-order valence-corrected chi connectivity index (χ3v) is 4.50. The average Bonchev–Trinajstić information content (AvgIpc) is 2.89. The molecule has 1 N–H and O–H groups in total. The molecule has 0 aliphatic heterocycles. The van der Waals surface area contributed by atoms with E-state index in [9.17, 15) is 19.7 Å². The quantitative estimate of drug-likeness (QED) is 0.581. The Morgan fingerprint density at radius 1 is 1.29 bits per heavy atom. The minimum atomic E-state index is -0.548. The van der Waals surface area contributed by atoms with Crippen molar-refractivity contribution in [2.24, 2.45) is 0 Å². The van der Waals surface area contributed by atoms with Crippen LogP contribution in [0.3, 0.4) is 0 Å². The Hall–Kier alpha value is -3.00. The number of aryl methyl sites for hydroxylation is 1. The van der Waals surface area contributed by atoms with Crippen LogP contribution in [0.4, 0.5) is 11.4 Å². The number of hydrogen-bond donors (Lipinski definition) is 1. The molecule has 3 aromatic rings. The predicted molar refractivity (Wildman–Crippen MR) is 92.8 cm³/mol. The number of nitrogens with zero attached hydrogens (tertiary/aromatic N) is 2. The molecular weight excluding hydrogens is 330 g/mol. The summed E-state index contributed by atoms with van der Waals surface area (Å²) >= 11 is 1.11. The zero-order chi connectivity index (χ0) is 17.3. The van der Waals surface area contributed by atoms with E-state index in [1.807, 2.05) is 6.92 Å². The number of fused-ring (bicyclic) bond motifs is 1. The van der Waals surface area contributed by atoms with Crippen molar-refractivity contribution in [3.05, 3.63) is 67.8 Å². The van der Waals surface area contributed by atoms with Crippen molar-refractivity contribution in [3.8, 4) is 0 Å². The van der Waals surface area contributed by atoms with Gasteiger partial charge < -0.3 is 5.32 Å². The topological polar surface area (TPSA) is 94.2 Å². The van der Waals surface area contributed by atoms with Crippen molar-refractivity contribution in [2.45, 2.75) is 13.5 Å². The second-order valence-corrected chi connectivity index (χ2v) is 6.05. The van der Waals surface area contributed by atoms with Gasteiger partial charge in [0.05, 0.1) is 15.1 Å². The first kappa shape index (κ1) is 15.9. The zero-order valence-corrected chi connectivity index (χ0v) is 13.5. The zero-order valence-electron chi connectivity index (χ0n) is 12.7. The van der Waals surface area contributed by atoms with Gasteiger partial charge in [-0.15, -0.1) is 0 Å². The molecule has 0 aliphatic carbocycles. The lowest BCUT2D eigenvalue weighted by atomic mass is 10.2. The Kier molecular flexibility index (Phi) is 4.13. The highest BCUT2D eigenvalue weighted by molar-refractivity contribution is 7.16. The highest BCUT2D eigenvalue weighted by Crippen LogP contribution is 2.22. The molecule has 8 heteroatoms. The third kappa shape index (κ3) is 2.91. The first-order chi connectivity index (χ1) is 11.5. The van der Waals surface area contributed by atoms with E-state index < -0.39 is 10.8 Å². The Morgan fingerprint density at radius 2 is 2.08 bits per heavy atom. The molecule has 2 aromatic carbocycles. The number of carbonyl (C=O) groups is 1. The van der Waals surface area contributed by atoms with Crippen LogP contribution in [-0.4, -0.2) is 15.4 Å². The van der Waals surface area contributed by atoms with Crippen LogP contribution in [0.2, 0.25) is 0 Å². The van der Waals surface area contributed by atoms with Gasteiger partial charge in [-0.1, -0.05) is 17.4 Å². The number of non-ortho nitro benzene ring substituents is 1. The molecule has 1 amide bonds. The van der Waals surface area contributed by atoms with Gasteiger partial charge >= 0.3 is 4.87 Å². The maximum absolute atomic E-state index is 12.3. The van der Waals surface area contributed by atoms with Gasteiger partial charge in [-0.3, -0.25) is 24.3 Å². The second-order valence-electron chi connectivity index (χ2n) is 5.06. The van der Waals surface area contributed by atoms with Gasteiger partial charge in [0.2, 0.25) is 0 Å². The van der Waals surface area contributed by atoms with E-state index in [-0.39, 0.29) is 16.1 Å². The van der Waals surface area contributed by atoms with Gasteiger partial charge in [0.25, 0.3) is 11.6 Å². The molecule has 0 saturated carbocycles. The monoisotopic (exact) mass is 343 g/mol. The first-order valence-electron chi connectivity index (χ1n) is 7.19. The third-order valence-electron chi connectivity index (χ3n) is 3.56. The lowest BCUT2D eigenvalue weighted by Crippen LogP contribution is -2.12. The van der Waals surface area contributed by atoms with Gasteiger partial charge in [0, 0.05) is 29.9 Å². The van der Waals surface area contributed by atoms with E-state index in [0.717, 1.165) is 21.6 Å². The van der Waals surface area contributed by atoms with E-state index in [2.05, 4.69) is 5.32 Å². The van der Waals surface area contributed by atoms with Crippen LogP contribution < -0.4 is 10.2 Å². The van der Waals surface area contributed by atoms with Crippen LogP contribution in [0, 0.1) is 10.1 Å². The first-order valence-corrected chi connectivity index (χ1v) is 8.00. The number of rotatable bonds is 4. The molecule has 0 unspecified atom stereocenters. The summed E-state index contributed by atoms with van der Waals surface area (Å²) in [5, 5.41) is 13.5. The van der Waals surface area contributed by atoms with Crippen LogP contribution >= 0.6 is 11.3 Å². The summed E-state index contributed by atoms with van der Waals surface area (Å²) in [6, 6.07) is 10.7. The maximum Gasteiger partial charge on any atom is 0.308 e. The fraction of sp³-hybridized carbons (Fsp3) is 0.125. The molecule has 24 heavy (non-hydrogen) atoms. The lowest BCUT2D eigenvalue weighted by Gasteiger charge is -2.06. The minimum absolute atomic E-state index is 0.0466. The van der Waals surface area contributed by atoms with Gasteiger partial charge in [0.15, 0.2) is 0 Å². The highest BCUT2D eigenvalue weighted by Gasteiger charge is 2.13. The Bertz CT molecular complexity index is 1010. The summed E-state index contributed by atoms with van der Waals surface area (Å²) in [6.07, 6.45) is 0. The standard InChI is InChI=1S/C16H13N3O4S/c1-2-18-13-7-6-11(9-14(13)24-16(18)21)17-15(20)10-4-3-5-12(8-10)19(22)23/h3-9H,2H2,1H3,(H,17,20). The molecule has 7 nitrogen and oxygen atoms in total. The van der Waals surface area contributed by atoms with Gasteiger partial charge in [0.1, 0.15) is 0 Å². The van der Waals surface area contributed by atoms with Crippen molar-refractivity contribution < 1.29 is 9.72 Å². The van der Waals surface area contributed by atoms with Crippen LogP contribution in [0.15, 0.2) is 47.3 Å². The Labute approximate surface area is 140 Å². The molecule has 0 atom stereocenters. The summed E-state index contributed by atoms with van der Waals surface area (Å²) in [7, 11) is 0. The van der Waals surface area contributed by atoms with E-state index in [1.165, 1.54) is 24.3 Å². The normalized spacial score (nSPS) is 10.7. The number of aromatic nitrogens is 1. The molecule has 0 fully saturated rings. The molecular formula is C16H13N3O4S. The summed E-state index contributed by atoms with van der Waals surface area (Å²) in [4.78, 5) is 34.3. The van der Waals surface area contributed by atoms with Crippen molar-refractivity contribution in [2.75, 3.05) is 5.32 Å². The number of nitro benzene ring substituents is 1. The second kappa shape index (κ2) is 6.25. The number of anilines is 1. The Balaban J connectivity index is 1.89. The number of hydrogen-bond acceptors (Lipinski definition) is 5. The lowest BCUT2D eigenvalue weighted by molar-refractivity contribution is -0.384. The van der Waals surface area contributed by atoms with Crippen LogP contribution in [-0.2, 0) is 6.54 Å². The fourth-order valence-electron chi connectivity index (χ4n) is 2.41. The molecule has 1 heterocycles. The highest BCUT2D eigenvalue weighted by atomic mass is 32.1. The van der Waals surface area contributed by atoms with Gasteiger partial charge in [-0.2, -0.15) is 0 Å². The molecule has 0 bridgehead atoms. The number of benzene rings is 2. The molecule has 3 rings (SSSR count). The van der Waals surface area contributed by atoms with Crippen LogP contribution in [0.25, 0.3) is 10.2 Å². The van der Waals surface area contributed by atoms with Crippen molar-refractivity contribution in [1.29, 1.82) is 0 Å². The van der Waals surface area contributed by atoms with Crippen LogP contribution in [0.1, 0.15) is 17.3 Å². The summed E-state index contributed by atoms with van der Waals surface area (Å²) < 4.78 is 2.44. The summed E-state index contributed by atoms with van der Waals surface area (Å²) in [5.74, 6) is -0.444. The fourth-order valence-corrected chi connectivity index (χ4v) is 3.40. The van der Waals surface area contributed by atoms with E-state index in [0.29, 0.717) is 12.2 Å². The largest absolute Gasteiger partial charge is 0.322 e. The number of nitro groups is 1. The van der Waals surface area contributed by atoms with Crippen molar-refractivity contribution >= 4 is 38.8 Å². The van der Waals surface area contributed by atoms with Crippen molar-refractivity contribution in [3.63, 3.8) is 0 Å². The molecule has 0 aliphatic rings. The van der Waals surface area contributed by atoms with Crippen molar-refractivity contribution in [1.82, 2.24) is 4.57 Å². The van der Waals surface area contributed by atoms with E-state index >= 15 is 0 Å². The number of thiazole rings is 1. The SMILES string of the molecule is CCn1c(=O)sc2cc(NC(=O)c3cccc([N+](=O)[O-])c3)ccc21.